The summed E-state index contributed by atoms with van der Waals surface area (Å²) in [6.45, 7) is 3.12. The Balaban J connectivity index is 1.95. The highest BCUT2D eigenvalue weighted by Crippen LogP contribution is 2.34. The summed E-state index contributed by atoms with van der Waals surface area (Å²) in [6, 6.07) is 19.2. The highest BCUT2D eigenvalue weighted by Gasteiger charge is 2.42. The van der Waals surface area contributed by atoms with Crippen molar-refractivity contribution in [3.8, 4) is 0 Å². The Kier molecular flexibility index (Phi) is 3.28. The van der Waals surface area contributed by atoms with E-state index in [-0.39, 0.29) is 5.91 Å². The number of benzene rings is 2. The van der Waals surface area contributed by atoms with Gasteiger partial charge in [0.1, 0.15) is 0 Å². The van der Waals surface area contributed by atoms with Crippen LogP contribution < -0.4 is 0 Å². The van der Waals surface area contributed by atoms with Crippen LogP contribution in [-0.4, -0.2) is 24.0 Å². The second-order valence-electron chi connectivity index (χ2n) is 5.02. The van der Waals surface area contributed by atoms with Crippen molar-refractivity contribution in [2.45, 2.75) is 12.6 Å². The van der Waals surface area contributed by atoms with E-state index in [1.165, 1.54) is 0 Å². The summed E-state index contributed by atoms with van der Waals surface area (Å²) in [7, 11) is 0. The standard InChI is InChI=1S/C17H17NO2/c1-17(15-10-6-3-7-11-15)18(12-13-20-17)16(19)14-8-4-2-5-9-14/h2-11H,12-13H2,1H3. The molecule has 102 valence electrons. The molecule has 0 radical (unpaired) electrons. The first-order valence-electron chi connectivity index (χ1n) is 6.78. The molecule has 3 heteroatoms. The van der Waals surface area contributed by atoms with Gasteiger partial charge in [0, 0.05) is 17.7 Å². The Bertz CT molecular complexity index is 597. The first kappa shape index (κ1) is 12.9. The molecular weight excluding hydrogens is 250 g/mol. The van der Waals surface area contributed by atoms with E-state index in [9.17, 15) is 4.79 Å². The minimum Gasteiger partial charge on any atom is -0.350 e. The highest BCUT2D eigenvalue weighted by atomic mass is 16.5. The van der Waals surface area contributed by atoms with Crippen molar-refractivity contribution < 1.29 is 9.53 Å². The van der Waals surface area contributed by atoms with Gasteiger partial charge in [-0.05, 0) is 19.1 Å². The maximum Gasteiger partial charge on any atom is 0.256 e. The van der Waals surface area contributed by atoms with Crippen LogP contribution >= 0.6 is 0 Å². The van der Waals surface area contributed by atoms with Gasteiger partial charge in [0.2, 0.25) is 0 Å². The predicted octanol–water partition coefficient (Wildman–Crippen LogP) is 3.03. The zero-order valence-electron chi connectivity index (χ0n) is 11.5. The molecule has 0 saturated carbocycles. The van der Waals surface area contributed by atoms with Gasteiger partial charge in [0.05, 0.1) is 6.61 Å². The summed E-state index contributed by atoms with van der Waals surface area (Å²) >= 11 is 0. The summed E-state index contributed by atoms with van der Waals surface area (Å²) in [5.74, 6) is 0.00875. The minimum absolute atomic E-state index is 0.00875. The summed E-state index contributed by atoms with van der Waals surface area (Å²) in [5.41, 5.74) is 1.01. The molecule has 20 heavy (non-hydrogen) atoms. The van der Waals surface area contributed by atoms with Crippen LogP contribution in [0.4, 0.5) is 0 Å². The predicted molar refractivity (Wildman–Crippen MR) is 77.2 cm³/mol. The topological polar surface area (TPSA) is 29.5 Å². The molecule has 1 fully saturated rings. The lowest BCUT2D eigenvalue weighted by Crippen LogP contribution is -2.43. The quantitative estimate of drug-likeness (QED) is 0.837. The molecule has 1 heterocycles. The average Bonchev–Trinajstić information content (AvgIpc) is 2.91. The van der Waals surface area contributed by atoms with E-state index in [0.717, 1.165) is 5.56 Å². The Hall–Kier alpha value is -2.13. The number of carbonyl (C=O) groups excluding carboxylic acids is 1. The maximum atomic E-state index is 12.7. The van der Waals surface area contributed by atoms with Crippen LogP contribution in [0.15, 0.2) is 60.7 Å². The molecule has 1 aliphatic heterocycles. The third kappa shape index (κ3) is 2.10. The molecule has 0 N–H and O–H groups in total. The van der Waals surface area contributed by atoms with E-state index in [0.29, 0.717) is 18.7 Å². The van der Waals surface area contributed by atoms with E-state index in [1.54, 1.807) is 4.90 Å². The van der Waals surface area contributed by atoms with E-state index in [2.05, 4.69) is 0 Å². The second kappa shape index (κ2) is 5.10. The van der Waals surface area contributed by atoms with Crippen molar-refractivity contribution in [3.63, 3.8) is 0 Å². The normalized spacial score (nSPS) is 21.9. The number of nitrogens with zero attached hydrogens (tertiary/aromatic N) is 1. The largest absolute Gasteiger partial charge is 0.350 e. The van der Waals surface area contributed by atoms with Gasteiger partial charge in [0.15, 0.2) is 5.72 Å². The smallest absolute Gasteiger partial charge is 0.256 e. The molecule has 1 aliphatic rings. The average molecular weight is 267 g/mol. The lowest BCUT2D eigenvalue weighted by molar-refractivity contribution is -0.0586. The van der Waals surface area contributed by atoms with Gasteiger partial charge >= 0.3 is 0 Å². The van der Waals surface area contributed by atoms with E-state index in [4.69, 9.17) is 4.74 Å². The number of carbonyl (C=O) groups is 1. The molecule has 0 bridgehead atoms. The van der Waals surface area contributed by atoms with Crippen LogP contribution in [0.5, 0.6) is 0 Å². The zero-order valence-corrected chi connectivity index (χ0v) is 11.5. The van der Waals surface area contributed by atoms with Crippen LogP contribution in [0, 0.1) is 0 Å². The summed E-state index contributed by atoms with van der Waals surface area (Å²) < 4.78 is 5.89. The molecular formula is C17H17NO2. The molecule has 0 spiro atoms. The third-order valence-corrected chi connectivity index (χ3v) is 3.79. The first-order chi connectivity index (χ1) is 9.72. The Labute approximate surface area is 118 Å². The van der Waals surface area contributed by atoms with Gasteiger partial charge in [-0.2, -0.15) is 0 Å². The molecule has 1 unspecified atom stereocenters. The molecule has 1 saturated heterocycles. The highest BCUT2D eigenvalue weighted by molar-refractivity contribution is 5.94. The van der Waals surface area contributed by atoms with Crippen molar-refractivity contribution in [2.75, 3.05) is 13.2 Å². The molecule has 3 rings (SSSR count). The number of amides is 1. The summed E-state index contributed by atoms with van der Waals surface area (Å²) in [4.78, 5) is 14.5. The van der Waals surface area contributed by atoms with Crippen molar-refractivity contribution in [3.05, 3.63) is 71.8 Å². The van der Waals surface area contributed by atoms with Gasteiger partial charge in [-0.15, -0.1) is 0 Å². The fourth-order valence-corrected chi connectivity index (χ4v) is 2.65. The van der Waals surface area contributed by atoms with Crippen molar-refractivity contribution in [1.82, 2.24) is 4.90 Å². The van der Waals surface area contributed by atoms with Crippen LogP contribution in [0.1, 0.15) is 22.8 Å². The number of hydrogen-bond donors (Lipinski definition) is 0. The fraction of sp³-hybridized carbons (Fsp3) is 0.235. The number of rotatable bonds is 2. The number of ether oxygens (including phenoxy) is 1. The Morgan fingerprint density at radius 1 is 1.05 bits per heavy atom. The molecule has 0 aliphatic carbocycles. The molecule has 1 amide bonds. The van der Waals surface area contributed by atoms with Gasteiger partial charge in [-0.1, -0.05) is 48.5 Å². The Morgan fingerprint density at radius 3 is 2.30 bits per heavy atom. The van der Waals surface area contributed by atoms with Crippen LogP contribution in [0.2, 0.25) is 0 Å². The fourth-order valence-electron chi connectivity index (χ4n) is 2.65. The Morgan fingerprint density at radius 2 is 1.65 bits per heavy atom. The van der Waals surface area contributed by atoms with Gasteiger partial charge in [-0.25, -0.2) is 0 Å². The van der Waals surface area contributed by atoms with Crippen LogP contribution in [0.3, 0.4) is 0 Å². The summed E-state index contributed by atoms with van der Waals surface area (Å²) in [5, 5.41) is 0. The number of hydrogen-bond acceptors (Lipinski definition) is 2. The van der Waals surface area contributed by atoms with E-state index < -0.39 is 5.72 Å². The maximum absolute atomic E-state index is 12.7. The first-order valence-corrected chi connectivity index (χ1v) is 6.78. The molecule has 2 aromatic carbocycles. The van der Waals surface area contributed by atoms with Crippen LogP contribution in [-0.2, 0) is 10.5 Å². The van der Waals surface area contributed by atoms with Crippen molar-refractivity contribution >= 4 is 5.91 Å². The molecule has 2 aromatic rings. The van der Waals surface area contributed by atoms with E-state index >= 15 is 0 Å². The lowest BCUT2D eigenvalue weighted by Gasteiger charge is -2.34. The van der Waals surface area contributed by atoms with Crippen LogP contribution in [0.25, 0.3) is 0 Å². The monoisotopic (exact) mass is 267 g/mol. The minimum atomic E-state index is -0.686. The zero-order chi connectivity index (χ0) is 14.0. The van der Waals surface area contributed by atoms with Gasteiger partial charge in [-0.3, -0.25) is 4.79 Å². The molecule has 1 atom stereocenters. The third-order valence-electron chi connectivity index (χ3n) is 3.79. The van der Waals surface area contributed by atoms with Gasteiger partial charge < -0.3 is 9.64 Å². The summed E-state index contributed by atoms with van der Waals surface area (Å²) in [6.07, 6.45) is 0. The second-order valence-corrected chi connectivity index (χ2v) is 5.02. The molecule has 3 nitrogen and oxygen atoms in total. The SMILES string of the molecule is CC1(c2ccccc2)OCCN1C(=O)c1ccccc1. The molecule has 0 aromatic heterocycles. The van der Waals surface area contributed by atoms with Gasteiger partial charge in [0.25, 0.3) is 5.91 Å². The van der Waals surface area contributed by atoms with Crippen molar-refractivity contribution in [1.29, 1.82) is 0 Å². The lowest BCUT2D eigenvalue weighted by atomic mass is 10.0. The van der Waals surface area contributed by atoms with E-state index in [1.807, 2.05) is 67.6 Å². The van der Waals surface area contributed by atoms with Crippen molar-refractivity contribution in [2.24, 2.45) is 0 Å².